The number of nitrogens with one attached hydrogen (secondary N) is 3. The minimum atomic E-state index is -0.525. The highest BCUT2D eigenvalue weighted by Crippen LogP contribution is 2.27. The zero-order valence-corrected chi connectivity index (χ0v) is 25.4. The van der Waals surface area contributed by atoms with Crippen molar-refractivity contribution in [1.29, 1.82) is 0 Å². The van der Waals surface area contributed by atoms with Crippen molar-refractivity contribution in [3.05, 3.63) is 126 Å². The molecule has 44 heavy (non-hydrogen) atoms. The Labute approximate surface area is 260 Å². The van der Waals surface area contributed by atoms with Crippen LogP contribution in [-0.4, -0.2) is 35.4 Å². The van der Waals surface area contributed by atoms with E-state index in [1.165, 1.54) is 18.7 Å². The van der Waals surface area contributed by atoms with Gasteiger partial charge in [-0.25, -0.2) is 0 Å². The number of para-hydroxylation sites is 1. The summed E-state index contributed by atoms with van der Waals surface area (Å²) in [5.74, 6) is -0.629. The summed E-state index contributed by atoms with van der Waals surface area (Å²) in [6.45, 7) is 5.58. The number of amides is 3. The number of Topliss-reactive ketones (excluding diaryl/α,β-unsaturated/α-hetero) is 1. The van der Waals surface area contributed by atoms with Gasteiger partial charge in [-0.15, -0.1) is 11.8 Å². The van der Waals surface area contributed by atoms with Crippen LogP contribution in [0.3, 0.4) is 0 Å². The fourth-order valence-corrected chi connectivity index (χ4v) is 5.05. The first-order valence-corrected chi connectivity index (χ1v) is 14.9. The summed E-state index contributed by atoms with van der Waals surface area (Å²) >= 11 is 1.33. The molecule has 0 bridgehead atoms. The summed E-state index contributed by atoms with van der Waals surface area (Å²) in [5, 5.41) is 8.01. The maximum absolute atomic E-state index is 13.5. The van der Waals surface area contributed by atoms with Gasteiger partial charge in [-0.2, -0.15) is 0 Å². The van der Waals surface area contributed by atoms with E-state index in [1.54, 1.807) is 97.9 Å². The van der Waals surface area contributed by atoms with Gasteiger partial charge in [0.1, 0.15) is 11.4 Å². The summed E-state index contributed by atoms with van der Waals surface area (Å²) < 4.78 is 5.71. The third-order valence-corrected chi connectivity index (χ3v) is 7.47. The van der Waals surface area contributed by atoms with E-state index in [2.05, 4.69) is 16.0 Å². The molecule has 0 radical (unpaired) electrons. The minimum absolute atomic E-state index is 0.0348. The Morgan fingerprint density at radius 1 is 0.795 bits per heavy atom. The molecule has 0 fully saturated rings. The van der Waals surface area contributed by atoms with Crippen LogP contribution in [0.25, 0.3) is 6.08 Å². The van der Waals surface area contributed by atoms with Crippen LogP contribution in [0.5, 0.6) is 5.75 Å². The molecule has 9 heteroatoms. The van der Waals surface area contributed by atoms with Gasteiger partial charge in [-0.3, -0.25) is 19.2 Å². The number of hydrogen-bond acceptors (Lipinski definition) is 6. The van der Waals surface area contributed by atoms with Gasteiger partial charge in [-0.05, 0) is 87.5 Å². The molecule has 1 unspecified atom stereocenters. The van der Waals surface area contributed by atoms with Crippen molar-refractivity contribution < 1.29 is 23.9 Å². The van der Waals surface area contributed by atoms with E-state index in [0.29, 0.717) is 40.4 Å². The maximum Gasteiger partial charge on any atom is 0.272 e. The Hall–Kier alpha value is -5.15. The molecule has 0 spiro atoms. The predicted octanol–water partition coefficient (Wildman–Crippen LogP) is 6.82. The molecule has 0 aromatic heterocycles. The van der Waals surface area contributed by atoms with Gasteiger partial charge in [0.2, 0.25) is 5.91 Å². The van der Waals surface area contributed by atoms with Crippen molar-refractivity contribution in [2.24, 2.45) is 0 Å². The van der Waals surface area contributed by atoms with Crippen molar-refractivity contribution in [3.8, 4) is 5.75 Å². The molecule has 4 aromatic rings. The fourth-order valence-electron chi connectivity index (χ4n) is 4.12. The average molecular weight is 608 g/mol. The van der Waals surface area contributed by atoms with Gasteiger partial charge in [0.25, 0.3) is 11.8 Å². The zero-order valence-electron chi connectivity index (χ0n) is 24.6. The van der Waals surface area contributed by atoms with Crippen LogP contribution in [-0.2, 0) is 9.59 Å². The van der Waals surface area contributed by atoms with Crippen LogP contribution in [0.4, 0.5) is 11.4 Å². The van der Waals surface area contributed by atoms with E-state index in [9.17, 15) is 19.2 Å². The molecule has 0 aliphatic carbocycles. The molecule has 0 aliphatic rings. The second-order valence-corrected chi connectivity index (χ2v) is 11.1. The number of rotatable bonds is 12. The number of carbonyl (C=O) groups excluding carboxylic acids is 4. The first-order chi connectivity index (χ1) is 21.2. The summed E-state index contributed by atoms with van der Waals surface area (Å²) in [4.78, 5) is 51.6. The van der Waals surface area contributed by atoms with Crippen LogP contribution in [0.2, 0.25) is 0 Å². The van der Waals surface area contributed by atoms with E-state index in [0.717, 1.165) is 4.90 Å². The molecular formula is C35H33N3O5S. The lowest BCUT2D eigenvalue weighted by Crippen LogP contribution is -2.30. The van der Waals surface area contributed by atoms with E-state index in [-0.39, 0.29) is 17.4 Å². The largest absolute Gasteiger partial charge is 0.493 e. The zero-order chi connectivity index (χ0) is 31.5. The molecule has 0 heterocycles. The average Bonchev–Trinajstić information content (AvgIpc) is 3.02. The lowest BCUT2D eigenvalue weighted by molar-refractivity contribution is -0.115. The highest BCUT2D eigenvalue weighted by Gasteiger charge is 2.18. The first-order valence-electron chi connectivity index (χ1n) is 14.0. The molecule has 8 nitrogen and oxygen atoms in total. The molecule has 3 amide bonds. The van der Waals surface area contributed by atoms with E-state index in [4.69, 9.17) is 4.74 Å². The third-order valence-electron chi connectivity index (χ3n) is 6.38. The number of carbonyl (C=O) groups is 4. The molecule has 224 valence electrons. The Morgan fingerprint density at radius 2 is 1.50 bits per heavy atom. The summed E-state index contributed by atoms with van der Waals surface area (Å²) in [6, 6.07) is 29.7. The number of thioether (sulfide) groups is 1. The lowest BCUT2D eigenvalue weighted by Gasteiger charge is -2.15. The Balaban J connectivity index is 1.49. The van der Waals surface area contributed by atoms with E-state index in [1.807, 2.05) is 25.1 Å². The van der Waals surface area contributed by atoms with Gasteiger partial charge in [-0.1, -0.05) is 42.5 Å². The van der Waals surface area contributed by atoms with Crippen LogP contribution in [0.15, 0.2) is 114 Å². The Kier molecular flexibility index (Phi) is 11.1. The van der Waals surface area contributed by atoms with Crippen LogP contribution < -0.4 is 20.7 Å². The second kappa shape index (κ2) is 15.4. The SMILES string of the molecule is CCOc1ccccc1/C=C(/NC(=O)c1ccccc1)C(=O)Nc1cccc(SC(C)C(=O)Nc2ccc(C(C)=O)cc2)c1. The summed E-state index contributed by atoms with van der Waals surface area (Å²) in [5.41, 5.74) is 2.73. The van der Waals surface area contributed by atoms with Gasteiger partial charge in [0.05, 0.1) is 11.9 Å². The van der Waals surface area contributed by atoms with Crippen LogP contribution in [0, 0.1) is 0 Å². The van der Waals surface area contributed by atoms with Gasteiger partial charge < -0.3 is 20.7 Å². The normalized spacial score (nSPS) is 11.7. The number of hydrogen-bond donors (Lipinski definition) is 3. The maximum atomic E-state index is 13.5. The second-order valence-electron chi connectivity index (χ2n) is 9.71. The smallest absolute Gasteiger partial charge is 0.272 e. The van der Waals surface area contributed by atoms with Crippen LogP contribution >= 0.6 is 11.8 Å². The molecule has 4 aromatic carbocycles. The van der Waals surface area contributed by atoms with Crippen molar-refractivity contribution in [3.63, 3.8) is 0 Å². The molecule has 1 atom stereocenters. The Morgan fingerprint density at radius 3 is 2.20 bits per heavy atom. The highest BCUT2D eigenvalue weighted by atomic mass is 32.2. The quantitative estimate of drug-likeness (QED) is 0.0926. The molecule has 4 rings (SSSR count). The van der Waals surface area contributed by atoms with Gasteiger partial charge >= 0.3 is 0 Å². The lowest BCUT2D eigenvalue weighted by atomic mass is 10.1. The number of ketones is 1. The summed E-state index contributed by atoms with van der Waals surface area (Å²) in [7, 11) is 0. The topological polar surface area (TPSA) is 114 Å². The van der Waals surface area contributed by atoms with Gasteiger partial charge in [0.15, 0.2) is 5.78 Å². The first kappa shape index (κ1) is 31.8. The molecule has 0 saturated heterocycles. The van der Waals surface area contributed by atoms with E-state index < -0.39 is 17.1 Å². The summed E-state index contributed by atoms with van der Waals surface area (Å²) in [6.07, 6.45) is 1.58. The monoisotopic (exact) mass is 607 g/mol. The molecule has 3 N–H and O–H groups in total. The number of benzene rings is 4. The molecule has 0 aliphatic heterocycles. The van der Waals surface area contributed by atoms with Crippen molar-refractivity contribution in [2.45, 2.75) is 30.9 Å². The third kappa shape index (κ3) is 8.92. The standard InChI is InChI=1S/C35H33N3O5S/c1-4-43-32-16-9-8-13-27(32)21-31(38-34(41)26-11-6-5-7-12-26)35(42)37-29-14-10-15-30(22-29)44-24(3)33(40)36-28-19-17-25(18-20-28)23(2)39/h5-22,24H,4H2,1-3H3,(H,36,40)(H,37,42)(H,38,41)/b31-21+. The highest BCUT2D eigenvalue weighted by molar-refractivity contribution is 8.00. The number of ether oxygens (including phenoxy) is 1. The van der Waals surface area contributed by atoms with E-state index >= 15 is 0 Å². The molecular weight excluding hydrogens is 574 g/mol. The minimum Gasteiger partial charge on any atom is -0.493 e. The van der Waals surface area contributed by atoms with Crippen molar-refractivity contribution in [1.82, 2.24) is 5.32 Å². The fraction of sp³-hybridized carbons (Fsp3) is 0.143. The predicted molar refractivity (Wildman–Crippen MR) is 175 cm³/mol. The Bertz CT molecular complexity index is 1670. The van der Waals surface area contributed by atoms with Crippen molar-refractivity contribution in [2.75, 3.05) is 17.2 Å². The van der Waals surface area contributed by atoms with Crippen LogP contribution in [0.1, 0.15) is 47.1 Å². The molecule has 0 saturated carbocycles. The number of anilines is 2. The van der Waals surface area contributed by atoms with Crippen molar-refractivity contribution >= 4 is 52.7 Å². The van der Waals surface area contributed by atoms with Gasteiger partial charge in [0, 0.05) is 33.0 Å².